The Morgan fingerprint density at radius 3 is 2.41 bits per heavy atom. The number of carbonyl (C=O) groups excluding carboxylic acids is 1. The van der Waals surface area contributed by atoms with E-state index in [0.29, 0.717) is 5.92 Å². The Hall–Kier alpha value is -3.31. The predicted molar refractivity (Wildman–Crippen MR) is 131 cm³/mol. The summed E-state index contributed by atoms with van der Waals surface area (Å²) in [5.74, 6) is 2.26. The molecule has 0 bridgehead atoms. The van der Waals surface area contributed by atoms with Gasteiger partial charge in [0.1, 0.15) is 11.5 Å². The van der Waals surface area contributed by atoms with Gasteiger partial charge in [0, 0.05) is 17.9 Å². The highest BCUT2D eigenvalue weighted by Crippen LogP contribution is 2.29. The highest BCUT2D eigenvalue weighted by atomic mass is 16.5. The molecule has 0 saturated heterocycles. The monoisotopic (exact) mass is 429 g/mol. The van der Waals surface area contributed by atoms with E-state index in [-0.39, 0.29) is 6.03 Å². The minimum Gasteiger partial charge on any atom is -0.457 e. The van der Waals surface area contributed by atoms with Gasteiger partial charge < -0.3 is 20.3 Å². The molecule has 166 valence electrons. The average molecular weight is 430 g/mol. The molecule has 0 radical (unpaired) electrons. The Balaban J connectivity index is 1.35. The molecule has 0 fully saturated rings. The number of hydrogen-bond acceptors (Lipinski definition) is 3. The molecule has 3 aromatic rings. The number of ether oxygens (including phenoxy) is 1. The molecule has 0 aliphatic heterocycles. The molecule has 0 spiro atoms. The van der Waals surface area contributed by atoms with Crippen LogP contribution in [-0.2, 0) is 12.8 Å². The van der Waals surface area contributed by atoms with E-state index in [1.54, 1.807) is 0 Å². The number of amides is 2. The Morgan fingerprint density at radius 1 is 0.969 bits per heavy atom. The Bertz CT molecular complexity index is 1080. The number of aryl methyl sites for hydroxylation is 2. The molecule has 5 nitrogen and oxygen atoms in total. The van der Waals surface area contributed by atoms with E-state index in [1.807, 2.05) is 61.5 Å². The van der Waals surface area contributed by atoms with Crippen LogP contribution in [-0.4, -0.2) is 31.6 Å². The number of carbonyl (C=O) groups is 1. The lowest BCUT2D eigenvalue weighted by Crippen LogP contribution is -2.26. The minimum atomic E-state index is -0.248. The number of rotatable bonds is 6. The third kappa shape index (κ3) is 5.68. The van der Waals surface area contributed by atoms with Gasteiger partial charge in [-0.2, -0.15) is 0 Å². The number of fused-ring (bicyclic) bond motifs is 1. The van der Waals surface area contributed by atoms with E-state index >= 15 is 0 Å². The summed E-state index contributed by atoms with van der Waals surface area (Å²) in [6.07, 6.45) is 3.36. The van der Waals surface area contributed by atoms with Crippen molar-refractivity contribution in [2.24, 2.45) is 5.92 Å². The van der Waals surface area contributed by atoms with E-state index in [1.165, 1.54) is 17.5 Å². The van der Waals surface area contributed by atoms with Crippen molar-refractivity contribution in [3.63, 3.8) is 0 Å². The first kappa shape index (κ1) is 21.9. The lowest BCUT2D eigenvalue weighted by molar-refractivity contribution is 0.262. The van der Waals surface area contributed by atoms with Crippen molar-refractivity contribution in [3.8, 4) is 11.5 Å². The third-order valence-electron chi connectivity index (χ3n) is 5.82. The average Bonchev–Trinajstić information content (AvgIpc) is 2.76. The van der Waals surface area contributed by atoms with Crippen molar-refractivity contribution in [1.82, 2.24) is 4.90 Å². The second kappa shape index (κ2) is 9.88. The molecule has 1 aliphatic rings. The van der Waals surface area contributed by atoms with Crippen LogP contribution in [0.4, 0.5) is 16.2 Å². The zero-order valence-electron chi connectivity index (χ0n) is 19.0. The number of anilines is 2. The van der Waals surface area contributed by atoms with E-state index < -0.39 is 0 Å². The van der Waals surface area contributed by atoms with Gasteiger partial charge >= 0.3 is 6.03 Å². The van der Waals surface area contributed by atoms with E-state index in [2.05, 4.69) is 41.8 Å². The summed E-state index contributed by atoms with van der Waals surface area (Å²) in [4.78, 5) is 14.8. The van der Waals surface area contributed by atoms with Crippen LogP contribution in [0.15, 0.2) is 66.7 Å². The second-order valence-corrected chi connectivity index (χ2v) is 8.83. The van der Waals surface area contributed by atoms with Crippen molar-refractivity contribution >= 4 is 17.4 Å². The van der Waals surface area contributed by atoms with E-state index in [4.69, 9.17) is 4.74 Å². The van der Waals surface area contributed by atoms with Gasteiger partial charge in [-0.1, -0.05) is 24.3 Å². The van der Waals surface area contributed by atoms with Gasteiger partial charge in [-0.3, -0.25) is 0 Å². The van der Waals surface area contributed by atoms with Crippen molar-refractivity contribution in [1.29, 1.82) is 0 Å². The lowest BCUT2D eigenvalue weighted by Gasteiger charge is -2.27. The van der Waals surface area contributed by atoms with Crippen LogP contribution >= 0.6 is 0 Å². The maximum atomic E-state index is 12.6. The largest absolute Gasteiger partial charge is 0.457 e. The molecule has 0 heterocycles. The summed E-state index contributed by atoms with van der Waals surface area (Å²) < 4.78 is 5.92. The molecule has 1 unspecified atom stereocenters. The normalized spacial score (nSPS) is 15.2. The summed E-state index contributed by atoms with van der Waals surface area (Å²) in [7, 11) is 4.26. The zero-order chi connectivity index (χ0) is 22.5. The standard InChI is InChI=1S/C27H31N3O2/c1-19-15-23(13-14-26(19)32-25-7-5-4-6-8-25)28-27(31)29-24-12-11-21-16-20(18-30(2)3)9-10-22(21)17-24/h4-8,11-15,17,20H,9-10,16,18H2,1-3H3,(H2,28,29,31). The van der Waals surface area contributed by atoms with Crippen LogP contribution < -0.4 is 15.4 Å². The topological polar surface area (TPSA) is 53.6 Å². The maximum absolute atomic E-state index is 12.6. The molecule has 3 aromatic carbocycles. The van der Waals surface area contributed by atoms with Crippen molar-refractivity contribution < 1.29 is 9.53 Å². The summed E-state index contributed by atoms with van der Waals surface area (Å²) in [6.45, 7) is 3.09. The molecule has 1 aliphatic carbocycles. The SMILES string of the molecule is Cc1cc(NC(=O)Nc2ccc3c(c2)CCC(CN(C)C)C3)ccc1Oc1ccccc1. The Morgan fingerprint density at radius 2 is 1.69 bits per heavy atom. The van der Waals surface area contributed by atoms with Crippen LogP contribution in [0.1, 0.15) is 23.1 Å². The van der Waals surface area contributed by atoms with Gasteiger partial charge in [0.15, 0.2) is 0 Å². The molecule has 2 N–H and O–H groups in total. The highest BCUT2D eigenvalue weighted by molar-refractivity contribution is 5.99. The fourth-order valence-corrected chi connectivity index (χ4v) is 4.33. The van der Waals surface area contributed by atoms with Crippen LogP contribution in [0.2, 0.25) is 0 Å². The predicted octanol–water partition coefficient (Wildman–Crippen LogP) is 6.10. The quantitative estimate of drug-likeness (QED) is 0.498. The number of para-hydroxylation sites is 1. The van der Waals surface area contributed by atoms with Crippen LogP contribution in [0, 0.1) is 12.8 Å². The van der Waals surface area contributed by atoms with Gasteiger partial charge in [-0.25, -0.2) is 4.79 Å². The molecule has 32 heavy (non-hydrogen) atoms. The van der Waals surface area contributed by atoms with Crippen molar-refractivity contribution in [3.05, 3.63) is 83.4 Å². The highest BCUT2D eigenvalue weighted by Gasteiger charge is 2.19. The maximum Gasteiger partial charge on any atom is 0.323 e. The minimum absolute atomic E-state index is 0.248. The molecule has 5 heteroatoms. The molecule has 2 amide bonds. The molecular weight excluding hydrogens is 398 g/mol. The van der Waals surface area contributed by atoms with Gasteiger partial charge in [-0.15, -0.1) is 0 Å². The van der Waals surface area contributed by atoms with Gasteiger partial charge in [-0.05, 0) is 105 Å². The smallest absolute Gasteiger partial charge is 0.323 e. The summed E-state index contributed by atoms with van der Waals surface area (Å²) in [6, 6.07) is 21.3. The van der Waals surface area contributed by atoms with Crippen LogP contribution in [0.3, 0.4) is 0 Å². The molecule has 0 saturated carbocycles. The first-order valence-electron chi connectivity index (χ1n) is 11.1. The first-order chi connectivity index (χ1) is 15.5. The zero-order valence-corrected chi connectivity index (χ0v) is 19.0. The number of hydrogen-bond donors (Lipinski definition) is 2. The molecular formula is C27H31N3O2. The fraction of sp³-hybridized carbons (Fsp3) is 0.296. The fourth-order valence-electron chi connectivity index (χ4n) is 4.33. The number of nitrogens with one attached hydrogen (secondary N) is 2. The van der Waals surface area contributed by atoms with E-state index in [0.717, 1.165) is 47.8 Å². The Labute approximate surface area is 190 Å². The van der Waals surface area contributed by atoms with Gasteiger partial charge in [0.25, 0.3) is 0 Å². The molecule has 1 atom stereocenters. The first-order valence-corrected chi connectivity index (χ1v) is 11.1. The van der Waals surface area contributed by atoms with Crippen LogP contribution in [0.25, 0.3) is 0 Å². The summed E-state index contributed by atoms with van der Waals surface area (Å²) >= 11 is 0. The molecule has 0 aromatic heterocycles. The summed E-state index contributed by atoms with van der Waals surface area (Å²) in [5.41, 5.74) is 5.25. The van der Waals surface area contributed by atoms with Gasteiger partial charge in [0.2, 0.25) is 0 Å². The van der Waals surface area contributed by atoms with Gasteiger partial charge in [0.05, 0.1) is 0 Å². The second-order valence-electron chi connectivity index (χ2n) is 8.83. The number of nitrogens with zero attached hydrogens (tertiary/aromatic N) is 1. The van der Waals surface area contributed by atoms with Crippen molar-refractivity contribution in [2.75, 3.05) is 31.3 Å². The lowest BCUT2D eigenvalue weighted by atomic mass is 9.83. The molecule has 4 rings (SSSR count). The Kier molecular flexibility index (Phi) is 6.76. The number of urea groups is 1. The third-order valence-corrected chi connectivity index (χ3v) is 5.82. The van der Waals surface area contributed by atoms with E-state index in [9.17, 15) is 4.79 Å². The van der Waals surface area contributed by atoms with Crippen molar-refractivity contribution in [2.45, 2.75) is 26.2 Å². The van der Waals surface area contributed by atoms with Crippen LogP contribution in [0.5, 0.6) is 11.5 Å². The number of benzene rings is 3. The summed E-state index contributed by atoms with van der Waals surface area (Å²) in [5, 5.41) is 5.89.